The van der Waals surface area contributed by atoms with E-state index in [9.17, 15) is 14.4 Å². The van der Waals surface area contributed by atoms with Gasteiger partial charge in [0.25, 0.3) is 5.91 Å². The summed E-state index contributed by atoms with van der Waals surface area (Å²) in [5, 5.41) is 3.96. The first-order chi connectivity index (χ1) is 15.9. The highest BCUT2D eigenvalue weighted by atomic mass is 35.5. The molecule has 2 aliphatic heterocycles. The molecule has 0 aromatic heterocycles. The lowest BCUT2D eigenvalue weighted by atomic mass is 10.1. The largest absolute Gasteiger partial charge is 0.370 e. The summed E-state index contributed by atoms with van der Waals surface area (Å²) in [5.74, 6) is 0.224. The molecule has 0 bridgehead atoms. The molecule has 2 saturated heterocycles. The van der Waals surface area contributed by atoms with Gasteiger partial charge in [0.05, 0.1) is 12.1 Å². The molecule has 2 amide bonds. The van der Waals surface area contributed by atoms with Crippen LogP contribution in [0.3, 0.4) is 0 Å². The summed E-state index contributed by atoms with van der Waals surface area (Å²) in [5.41, 5.74) is 4.00. The number of amides is 2. The minimum atomic E-state index is -0.603. The molecule has 1 atom stereocenters. The van der Waals surface area contributed by atoms with Crippen LogP contribution in [0.15, 0.2) is 65.5 Å². The minimum Gasteiger partial charge on any atom is -0.370 e. The van der Waals surface area contributed by atoms with E-state index in [2.05, 4.69) is 5.32 Å². The molecule has 3 fully saturated rings. The van der Waals surface area contributed by atoms with Crippen LogP contribution >= 0.6 is 11.6 Å². The monoisotopic (exact) mass is 461 g/mol. The molecule has 7 heteroatoms. The van der Waals surface area contributed by atoms with E-state index in [-0.39, 0.29) is 24.0 Å². The second-order valence-corrected chi connectivity index (χ2v) is 9.06. The Balaban J connectivity index is 1.40. The number of carbonyl (C=O) groups is 3. The fourth-order valence-electron chi connectivity index (χ4n) is 4.73. The van der Waals surface area contributed by atoms with E-state index in [1.54, 1.807) is 24.3 Å². The predicted molar refractivity (Wildman–Crippen MR) is 127 cm³/mol. The summed E-state index contributed by atoms with van der Waals surface area (Å²) in [7, 11) is 0. The Hall–Kier alpha value is -3.38. The minimum absolute atomic E-state index is 0.00786. The lowest BCUT2D eigenvalue weighted by Gasteiger charge is -2.26. The third-order valence-electron chi connectivity index (χ3n) is 6.43. The van der Waals surface area contributed by atoms with Gasteiger partial charge in [-0.1, -0.05) is 41.4 Å². The Morgan fingerprint density at radius 2 is 1.73 bits per heavy atom. The van der Waals surface area contributed by atoms with Crippen molar-refractivity contribution in [3.05, 3.63) is 81.6 Å². The van der Waals surface area contributed by atoms with Gasteiger partial charge >= 0.3 is 0 Å². The predicted octanol–water partition coefficient (Wildman–Crippen LogP) is 3.84. The van der Waals surface area contributed by atoms with Gasteiger partial charge in [0.15, 0.2) is 5.78 Å². The standard InChI is InChI=1S/C26H24ClN3O3/c1-16-2-9-20(10-3-16)30-23(31)15-22(26(30)33)29-13-12-28-25(29)21-11-6-18(24(21)32)14-17-4-7-19(27)8-5-17/h2-5,7-10,14,22,28H,6,11-13,15H2,1H3/b18-14+,25-21?/t22-/m0/s1. The lowest BCUT2D eigenvalue weighted by Crippen LogP contribution is -2.41. The second kappa shape index (κ2) is 8.52. The van der Waals surface area contributed by atoms with Crippen molar-refractivity contribution in [3.8, 4) is 0 Å². The number of nitrogens with zero attached hydrogens (tertiary/aromatic N) is 2. The Morgan fingerprint density at radius 3 is 2.45 bits per heavy atom. The first-order valence-corrected chi connectivity index (χ1v) is 11.5. The molecule has 1 saturated carbocycles. The van der Waals surface area contributed by atoms with Crippen LogP contribution in [0, 0.1) is 6.92 Å². The summed E-state index contributed by atoms with van der Waals surface area (Å²) in [6.45, 7) is 3.17. The van der Waals surface area contributed by atoms with E-state index in [1.807, 2.05) is 42.2 Å². The van der Waals surface area contributed by atoms with Gasteiger partial charge in [-0.05, 0) is 55.7 Å². The molecule has 0 radical (unpaired) electrons. The van der Waals surface area contributed by atoms with Gasteiger partial charge < -0.3 is 10.2 Å². The molecule has 2 heterocycles. The fraction of sp³-hybridized carbons (Fsp3) is 0.269. The number of aryl methyl sites for hydroxylation is 1. The van der Waals surface area contributed by atoms with Crippen LogP contribution in [0.5, 0.6) is 0 Å². The van der Waals surface area contributed by atoms with Crippen LogP contribution in [-0.2, 0) is 14.4 Å². The molecule has 168 valence electrons. The van der Waals surface area contributed by atoms with Gasteiger partial charge in [0, 0.05) is 29.3 Å². The Bertz CT molecular complexity index is 1200. The number of allylic oxidation sites excluding steroid dienone is 2. The Morgan fingerprint density at radius 1 is 1.00 bits per heavy atom. The van der Waals surface area contributed by atoms with Crippen molar-refractivity contribution in [3.63, 3.8) is 0 Å². The van der Waals surface area contributed by atoms with Gasteiger partial charge in [0.1, 0.15) is 11.9 Å². The zero-order valence-corrected chi connectivity index (χ0v) is 19.1. The van der Waals surface area contributed by atoms with Crippen molar-refractivity contribution in [2.24, 2.45) is 0 Å². The molecular weight excluding hydrogens is 438 g/mol. The number of benzene rings is 2. The van der Waals surface area contributed by atoms with E-state index < -0.39 is 6.04 Å². The number of nitrogens with one attached hydrogen (secondary N) is 1. The molecule has 5 rings (SSSR count). The van der Waals surface area contributed by atoms with E-state index >= 15 is 0 Å². The number of rotatable bonds is 3. The maximum Gasteiger partial charge on any atom is 0.257 e. The van der Waals surface area contributed by atoms with Gasteiger partial charge in [-0.25, -0.2) is 4.90 Å². The van der Waals surface area contributed by atoms with Crippen LogP contribution in [0.2, 0.25) is 5.02 Å². The van der Waals surface area contributed by atoms with Crippen LogP contribution in [-0.4, -0.2) is 41.6 Å². The number of halogens is 1. The quantitative estimate of drug-likeness (QED) is 0.555. The first kappa shape index (κ1) is 21.5. The van der Waals surface area contributed by atoms with E-state index in [0.29, 0.717) is 48.0 Å². The number of anilines is 1. The molecule has 1 aliphatic carbocycles. The van der Waals surface area contributed by atoms with Crippen molar-refractivity contribution in [2.75, 3.05) is 18.0 Å². The summed E-state index contributed by atoms with van der Waals surface area (Å²) in [4.78, 5) is 42.4. The normalized spacial score (nSPS) is 24.4. The molecule has 2 aromatic rings. The first-order valence-electron chi connectivity index (χ1n) is 11.1. The third-order valence-corrected chi connectivity index (χ3v) is 6.68. The smallest absolute Gasteiger partial charge is 0.257 e. The molecule has 0 spiro atoms. The van der Waals surface area contributed by atoms with Crippen LogP contribution in [0.1, 0.15) is 30.4 Å². The molecule has 33 heavy (non-hydrogen) atoms. The molecule has 0 unspecified atom stereocenters. The number of Topliss-reactive ketones (excluding diaryl/α,β-unsaturated/α-hetero) is 1. The topological polar surface area (TPSA) is 69.7 Å². The van der Waals surface area contributed by atoms with E-state index in [0.717, 1.165) is 16.7 Å². The zero-order valence-electron chi connectivity index (χ0n) is 18.3. The van der Waals surface area contributed by atoms with Crippen molar-refractivity contribution in [2.45, 2.75) is 32.2 Å². The van der Waals surface area contributed by atoms with Crippen LogP contribution in [0.25, 0.3) is 6.08 Å². The van der Waals surface area contributed by atoms with Crippen LogP contribution in [0.4, 0.5) is 5.69 Å². The molecular formula is C26H24ClN3O3. The zero-order chi connectivity index (χ0) is 23.1. The highest BCUT2D eigenvalue weighted by Gasteiger charge is 2.45. The van der Waals surface area contributed by atoms with Gasteiger partial charge in [0.2, 0.25) is 5.91 Å². The number of hydrogen-bond donors (Lipinski definition) is 1. The third kappa shape index (κ3) is 3.95. The fourth-order valence-corrected chi connectivity index (χ4v) is 4.85. The van der Waals surface area contributed by atoms with Gasteiger partial charge in [-0.15, -0.1) is 0 Å². The van der Waals surface area contributed by atoms with E-state index in [4.69, 9.17) is 11.6 Å². The van der Waals surface area contributed by atoms with Crippen molar-refractivity contribution in [1.82, 2.24) is 10.2 Å². The summed E-state index contributed by atoms with van der Waals surface area (Å²) < 4.78 is 0. The van der Waals surface area contributed by atoms with E-state index in [1.165, 1.54) is 4.90 Å². The van der Waals surface area contributed by atoms with Crippen LogP contribution < -0.4 is 10.2 Å². The lowest BCUT2D eigenvalue weighted by molar-refractivity contribution is -0.122. The molecule has 1 N–H and O–H groups in total. The van der Waals surface area contributed by atoms with Crippen molar-refractivity contribution >= 4 is 41.0 Å². The maximum absolute atomic E-state index is 13.3. The molecule has 2 aromatic carbocycles. The Labute approximate surface area is 197 Å². The van der Waals surface area contributed by atoms with Crippen molar-refractivity contribution < 1.29 is 14.4 Å². The highest BCUT2D eigenvalue weighted by molar-refractivity contribution is 6.30. The van der Waals surface area contributed by atoms with Gasteiger partial charge in [-0.2, -0.15) is 0 Å². The maximum atomic E-state index is 13.3. The molecule has 6 nitrogen and oxygen atoms in total. The SMILES string of the molecule is Cc1ccc(N2C(=O)C[C@H](N3CCNC3=C3CC/C(=C\c4ccc(Cl)cc4)C3=O)C2=O)cc1. The summed E-state index contributed by atoms with van der Waals surface area (Å²) in [6.07, 6.45) is 3.25. The number of hydrogen-bond acceptors (Lipinski definition) is 5. The number of imide groups is 1. The second-order valence-electron chi connectivity index (χ2n) is 8.62. The summed E-state index contributed by atoms with van der Waals surface area (Å²) >= 11 is 5.96. The number of carbonyl (C=O) groups excluding carboxylic acids is 3. The average Bonchev–Trinajstić information content (AvgIpc) is 3.49. The summed E-state index contributed by atoms with van der Waals surface area (Å²) in [6, 6.07) is 14.1. The number of ketones is 1. The Kier molecular flexibility index (Phi) is 5.54. The van der Waals surface area contributed by atoms with Gasteiger partial charge in [-0.3, -0.25) is 14.4 Å². The molecule has 3 aliphatic rings. The average molecular weight is 462 g/mol. The van der Waals surface area contributed by atoms with Crippen molar-refractivity contribution in [1.29, 1.82) is 0 Å². The highest BCUT2D eigenvalue weighted by Crippen LogP contribution is 2.34.